The smallest absolute Gasteiger partial charge is 0.302 e. The fraction of sp³-hybridized carbons (Fsp3) is 0.750. The van der Waals surface area contributed by atoms with E-state index in [4.69, 9.17) is 15.3 Å². The maximum Gasteiger partial charge on any atom is 0.302 e. The van der Waals surface area contributed by atoms with Gasteiger partial charge < -0.3 is 25.2 Å². The molecule has 0 spiro atoms. The SMILES string of the molecule is CC(=O)OC[C@@H](O)[C@@H](O)[C@H](O)C(=O)CO. The minimum absolute atomic E-state index is 0.535. The van der Waals surface area contributed by atoms with Crippen molar-refractivity contribution in [3.63, 3.8) is 0 Å². The van der Waals surface area contributed by atoms with Crippen LogP contribution in [0.4, 0.5) is 0 Å². The van der Waals surface area contributed by atoms with Crippen molar-refractivity contribution in [1.29, 1.82) is 0 Å². The molecule has 0 unspecified atom stereocenters. The molecule has 0 saturated heterocycles. The van der Waals surface area contributed by atoms with Gasteiger partial charge in [0.2, 0.25) is 0 Å². The van der Waals surface area contributed by atoms with Crippen LogP contribution in [-0.4, -0.2) is 63.7 Å². The van der Waals surface area contributed by atoms with E-state index in [-0.39, 0.29) is 0 Å². The highest BCUT2D eigenvalue weighted by atomic mass is 16.5. The standard InChI is InChI=1S/C8H14O7/c1-4(10)15-3-6(12)8(14)7(13)5(11)2-9/h6-9,12-14H,2-3H2,1H3/t6-,7-,8-/m1/s1. The second-order valence-electron chi connectivity index (χ2n) is 2.93. The van der Waals surface area contributed by atoms with E-state index >= 15 is 0 Å². The Hall–Kier alpha value is -1.02. The summed E-state index contributed by atoms with van der Waals surface area (Å²) in [5, 5.41) is 35.8. The molecule has 7 nitrogen and oxygen atoms in total. The zero-order valence-electron chi connectivity index (χ0n) is 8.16. The highest BCUT2D eigenvalue weighted by Crippen LogP contribution is 2.02. The highest BCUT2D eigenvalue weighted by Gasteiger charge is 2.30. The van der Waals surface area contributed by atoms with E-state index in [1.807, 2.05) is 0 Å². The van der Waals surface area contributed by atoms with Gasteiger partial charge in [0.1, 0.15) is 31.5 Å². The van der Waals surface area contributed by atoms with Crippen LogP contribution in [0.5, 0.6) is 0 Å². The van der Waals surface area contributed by atoms with Crippen molar-refractivity contribution in [2.45, 2.75) is 25.2 Å². The van der Waals surface area contributed by atoms with Crippen molar-refractivity contribution in [2.75, 3.05) is 13.2 Å². The van der Waals surface area contributed by atoms with Crippen LogP contribution in [0.1, 0.15) is 6.92 Å². The monoisotopic (exact) mass is 222 g/mol. The summed E-state index contributed by atoms with van der Waals surface area (Å²) in [7, 11) is 0. The van der Waals surface area contributed by atoms with Crippen molar-refractivity contribution >= 4 is 11.8 Å². The molecule has 0 bridgehead atoms. The van der Waals surface area contributed by atoms with Gasteiger partial charge in [0.15, 0.2) is 5.78 Å². The number of hydrogen-bond acceptors (Lipinski definition) is 7. The van der Waals surface area contributed by atoms with Crippen molar-refractivity contribution in [1.82, 2.24) is 0 Å². The Morgan fingerprint density at radius 3 is 2.20 bits per heavy atom. The largest absolute Gasteiger partial charge is 0.463 e. The number of aliphatic hydroxyl groups is 4. The molecule has 4 N–H and O–H groups in total. The molecule has 0 aromatic rings. The molecular weight excluding hydrogens is 208 g/mol. The number of Topliss-reactive ketones (excluding diaryl/α,β-unsaturated/α-hetero) is 1. The third-order valence-electron chi connectivity index (χ3n) is 1.66. The third-order valence-corrected chi connectivity index (χ3v) is 1.66. The van der Waals surface area contributed by atoms with Crippen LogP contribution in [-0.2, 0) is 14.3 Å². The van der Waals surface area contributed by atoms with Crippen molar-refractivity contribution < 1.29 is 34.8 Å². The van der Waals surface area contributed by atoms with Crippen LogP contribution in [0.15, 0.2) is 0 Å². The number of hydrogen-bond donors (Lipinski definition) is 4. The van der Waals surface area contributed by atoms with Crippen LogP contribution < -0.4 is 0 Å². The first-order chi connectivity index (χ1) is 6.90. The lowest BCUT2D eigenvalue weighted by molar-refractivity contribution is -0.153. The number of ether oxygens (including phenoxy) is 1. The summed E-state index contributed by atoms with van der Waals surface area (Å²) >= 11 is 0. The Morgan fingerprint density at radius 1 is 1.27 bits per heavy atom. The molecule has 15 heavy (non-hydrogen) atoms. The summed E-state index contributed by atoms with van der Waals surface area (Å²) in [5.74, 6) is -1.69. The van der Waals surface area contributed by atoms with E-state index in [0.717, 1.165) is 6.92 Å². The first-order valence-electron chi connectivity index (χ1n) is 4.21. The van der Waals surface area contributed by atoms with Crippen molar-refractivity contribution in [3.8, 4) is 0 Å². The van der Waals surface area contributed by atoms with E-state index in [0.29, 0.717) is 0 Å². The zero-order valence-corrected chi connectivity index (χ0v) is 8.16. The fourth-order valence-corrected chi connectivity index (χ4v) is 0.796. The highest BCUT2D eigenvalue weighted by molar-refractivity contribution is 5.84. The van der Waals surface area contributed by atoms with E-state index in [1.165, 1.54) is 0 Å². The van der Waals surface area contributed by atoms with E-state index in [2.05, 4.69) is 4.74 Å². The van der Waals surface area contributed by atoms with Gasteiger partial charge >= 0.3 is 5.97 Å². The van der Waals surface area contributed by atoms with E-state index in [9.17, 15) is 14.7 Å². The van der Waals surface area contributed by atoms with Gasteiger partial charge in [-0.3, -0.25) is 9.59 Å². The van der Waals surface area contributed by atoms with Crippen LogP contribution in [0, 0.1) is 0 Å². The van der Waals surface area contributed by atoms with Gasteiger partial charge in [0.25, 0.3) is 0 Å². The summed E-state index contributed by atoms with van der Waals surface area (Å²) in [4.78, 5) is 21.1. The molecule has 0 rings (SSSR count). The summed E-state index contributed by atoms with van der Waals surface area (Å²) in [6.45, 7) is -0.376. The number of carbonyl (C=O) groups is 2. The Labute approximate surface area is 85.9 Å². The second kappa shape index (κ2) is 6.46. The molecule has 0 heterocycles. The lowest BCUT2D eigenvalue weighted by atomic mass is 10.1. The lowest BCUT2D eigenvalue weighted by Gasteiger charge is -2.20. The predicted molar refractivity (Wildman–Crippen MR) is 46.7 cm³/mol. The first-order valence-corrected chi connectivity index (χ1v) is 4.21. The summed E-state index contributed by atoms with van der Waals surface area (Å²) in [6, 6.07) is 0. The number of ketones is 1. The van der Waals surface area contributed by atoms with Gasteiger partial charge in [-0.25, -0.2) is 0 Å². The molecule has 0 aliphatic heterocycles. The first kappa shape index (κ1) is 14.0. The van der Waals surface area contributed by atoms with Crippen molar-refractivity contribution in [2.24, 2.45) is 0 Å². The summed E-state index contributed by atoms with van der Waals surface area (Å²) in [6.07, 6.45) is -5.29. The van der Waals surface area contributed by atoms with Crippen LogP contribution in [0.25, 0.3) is 0 Å². The normalized spacial score (nSPS) is 16.6. The lowest BCUT2D eigenvalue weighted by Crippen LogP contribution is -2.45. The molecule has 0 amide bonds. The molecular formula is C8H14O7. The molecule has 0 aromatic heterocycles. The average Bonchev–Trinajstić information content (AvgIpc) is 2.22. The minimum Gasteiger partial charge on any atom is -0.463 e. The number of aliphatic hydroxyl groups excluding tert-OH is 4. The topological polar surface area (TPSA) is 124 Å². The number of carbonyl (C=O) groups excluding carboxylic acids is 2. The molecule has 7 heteroatoms. The number of esters is 1. The molecule has 0 fully saturated rings. The molecule has 88 valence electrons. The maximum absolute atomic E-state index is 10.7. The molecule has 3 atom stereocenters. The van der Waals surface area contributed by atoms with Crippen LogP contribution >= 0.6 is 0 Å². The summed E-state index contributed by atoms with van der Waals surface area (Å²) < 4.78 is 4.35. The zero-order chi connectivity index (χ0) is 12.0. The quantitative estimate of drug-likeness (QED) is 0.357. The Balaban J connectivity index is 4.12. The Kier molecular flexibility index (Phi) is 6.02. The van der Waals surface area contributed by atoms with E-state index < -0.39 is 43.3 Å². The third kappa shape index (κ3) is 4.84. The average molecular weight is 222 g/mol. The van der Waals surface area contributed by atoms with Gasteiger partial charge in [-0.15, -0.1) is 0 Å². The fourth-order valence-electron chi connectivity index (χ4n) is 0.796. The molecule has 0 saturated carbocycles. The maximum atomic E-state index is 10.7. The number of rotatable bonds is 6. The molecule has 0 aromatic carbocycles. The molecule has 0 aliphatic rings. The Bertz CT molecular complexity index is 227. The molecule has 0 radical (unpaired) electrons. The Morgan fingerprint density at radius 2 is 1.80 bits per heavy atom. The van der Waals surface area contributed by atoms with Crippen LogP contribution in [0.3, 0.4) is 0 Å². The van der Waals surface area contributed by atoms with E-state index in [1.54, 1.807) is 0 Å². The van der Waals surface area contributed by atoms with Gasteiger partial charge in [-0.2, -0.15) is 0 Å². The van der Waals surface area contributed by atoms with Gasteiger partial charge in [0.05, 0.1) is 0 Å². The predicted octanol–water partition coefficient (Wildman–Crippen LogP) is -2.81. The van der Waals surface area contributed by atoms with Crippen LogP contribution in [0.2, 0.25) is 0 Å². The molecule has 0 aliphatic carbocycles. The van der Waals surface area contributed by atoms with Gasteiger partial charge in [-0.1, -0.05) is 0 Å². The van der Waals surface area contributed by atoms with Gasteiger partial charge in [-0.05, 0) is 0 Å². The van der Waals surface area contributed by atoms with Crippen molar-refractivity contribution in [3.05, 3.63) is 0 Å². The second-order valence-corrected chi connectivity index (χ2v) is 2.93. The minimum atomic E-state index is -1.90. The van der Waals surface area contributed by atoms with Gasteiger partial charge in [0, 0.05) is 6.92 Å². The summed E-state index contributed by atoms with van der Waals surface area (Å²) in [5.41, 5.74) is 0.